The van der Waals surface area contributed by atoms with Crippen LogP contribution in [0.25, 0.3) is 0 Å². The molecule has 151 valence electrons. The predicted molar refractivity (Wildman–Crippen MR) is 116 cm³/mol. The van der Waals surface area contributed by atoms with E-state index in [1.807, 2.05) is 0 Å². The Balaban J connectivity index is -0.000000661. The molecule has 0 amide bonds. The Kier molecular flexibility index (Phi) is 17.9. The average molecular weight is 478 g/mol. The van der Waals surface area contributed by atoms with Gasteiger partial charge in [0.15, 0.2) is 0 Å². The van der Waals surface area contributed by atoms with Crippen LogP contribution in [-0.2, 0) is 22.4 Å². The van der Waals surface area contributed by atoms with Gasteiger partial charge in [0.2, 0.25) is 0 Å². The summed E-state index contributed by atoms with van der Waals surface area (Å²) < 4.78 is 0. The third-order valence-corrected chi connectivity index (χ3v) is 5.92. The van der Waals surface area contributed by atoms with Crippen LogP contribution in [0.5, 0.6) is 0 Å². The van der Waals surface area contributed by atoms with E-state index in [1.54, 1.807) is 0 Å². The number of benzene rings is 3. The molecule has 0 aliphatic heterocycles. The quantitative estimate of drug-likeness (QED) is 0.186. The van der Waals surface area contributed by atoms with Gasteiger partial charge in [-0.05, 0) is 36.4 Å². The maximum atomic E-state index is 8.25. The van der Waals surface area contributed by atoms with Crippen molar-refractivity contribution in [1.82, 2.24) is 0 Å². The molecule has 0 aliphatic carbocycles. The maximum Gasteiger partial charge on any atom is 0.102 e. The minimum absolute atomic E-state index is 0. The van der Waals surface area contributed by atoms with Gasteiger partial charge in [0.1, 0.15) is 15.9 Å². The van der Waals surface area contributed by atoms with Crippen LogP contribution in [-0.4, -0.2) is 5.09 Å². The Morgan fingerprint density at radius 2 is 0.741 bits per heavy atom. The zero-order valence-electron chi connectivity index (χ0n) is 15.6. The fourth-order valence-electron chi connectivity index (χ4n) is 2.31. The Labute approximate surface area is 179 Å². The van der Waals surface area contributed by atoms with E-state index >= 15 is 0 Å². The van der Waals surface area contributed by atoms with E-state index < -0.39 is 13.0 Å². The molecule has 6 heteroatoms. The van der Waals surface area contributed by atoms with Gasteiger partial charge >= 0.3 is 0 Å². The van der Waals surface area contributed by atoms with Crippen molar-refractivity contribution in [3.05, 3.63) is 129 Å². The second kappa shape index (κ2) is 16.2. The number of nitrogens with zero attached hydrogens (tertiary/aromatic N) is 1. The van der Waals surface area contributed by atoms with E-state index in [1.165, 1.54) is 15.9 Å². The SMILES string of the molecule is O=[N+]([O-])[O-].[Ag].[CH3-].[CH3-].[CH3-].c1ccc([PH+](c2ccccc2)c2ccccc2)cc1. The monoisotopic (exact) mass is 477 g/mol. The van der Waals surface area contributed by atoms with Gasteiger partial charge in [-0.15, -0.1) is 0 Å². The zero-order chi connectivity index (χ0) is 16.5. The molecule has 4 nitrogen and oxygen atoms in total. The molecule has 0 aliphatic rings. The second-order valence-corrected chi connectivity index (χ2v) is 7.18. The molecule has 0 spiro atoms. The Bertz CT molecular complexity index is 630. The molecular formula is C21H25AgNO3P-3. The van der Waals surface area contributed by atoms with E-state index in [4.69, 9.17) is 15.3 Å². The molecule has 3 aromatic rings. The molecule has 0 unspecified atom stereocenters. The Morgan fingerprint density at radius 3 is 0.926 bits per heavy atom. The Hall–Kier alpha value is -1.97. The first kappa shape index (κ1) is 29.8. The molecule has 0 fully saturated rings. The third-order valence-electron chi connectivity index (χ3n) is 3.19. The summed E-state index contributed by atoms with van der Waals surface area (Å²) in [6.07, 6.45) is 0. The first-order chi connectivity index (χ1) is 11.2. The van der Waals surface area contributed by atoms with Crippen molar-refractivity contribution >= 4 is 23.8 Å². The number of hydrogen-bond donors (Lipinski definition) is 0. The van der Waals surface area contributed by atoms with Crippen molar-refractivity contribution in [2.24, 2.45) is 0 Å². The molecular weight excluding hydrogens is 453 g/mol. The van der Waals surface area contributed by atoms with Crippen molar-refractivity contribution in [2.75, 3.05) is 0 Å². The molecule has 0 atom stereocenters. The van der Waals surface area contributed by atoms with Crippen molar-refractivity contribution in [1.29, 1.82) is 0 Å². The summed E-state index contributed by atoms with van der Waals surface area (Å²) in [6.45, 7) is 0. The molecule has 0 heterocycles. The maximum absolute atomic E-state index is 8.25. The summed E-state index contributed by atoms with van der Waals surface area (Å²) in [4.78, 5) is 8.25. The topological polar surface area (TPSA) is 66.2 Å². The van der Waals surface area contributed by atoms with Crippen molar-refractivity contribution < 1.29 is 27.5 Å². The van der Waals surface area contributed by atoms with Gasteiger partial charge < -0.3 is 37.6 Å². The van der Waals surface area contributed by atoms with Crippen LogP contribution >= 0.6 is 7.92 Å². The minimum atomic E-state index is -1.75. The van der Waals surface area contributed by atoms with Gasteiger partial charge in [0.05, 0.1) is 13.0 Å². The van der Waals surface area contributed by atoms with Crippen molar-refractivity contribution in [3.8, 4) is 0 Å². The summed E-state index contributed by atoms with van der Waals surface area (Å²) in [5.74, 6) is 0. The van der Waals surface area contributed by atoms with Gasteiger partial charge in [0, 0.05) is 22.4 Å². The van der Waals surface area contributed by atoms with Gasteiger partial charge in [0.25, 0.3) is 0 Å². The van der Waals surface area contributed by atoms with E-state index in [0.29, 0.717) is 0 Å². The molecule has 27 heavy (non-hydrogen) atoms. The van der Waals surface area contributed by atoms with Crippen LogP contribution in [0, 0.1) is 37.6 Å². The molecule has 0 saturated heterocycles. The van der Waals surface area contributed by atoms with Crippen LogP contribution in [0.1, 0.15) is 0 Å². The van der Waals surface area contributed by atoms with Crippen molar-refractivity contribution in [2.45, 2.75) is 0 Å². The summed E-state index contributed by atoms with van der Waals surface area (Å²) in [6, 6.07) is 32.5. The average Bonchev–Trinajstić information content (AvgIpc) is 2.58. The smallest absolute Gasteiger partial charge is 0.102 e. The minimum Gasteiger partial charge on any atom is -0.358 e. The zero-order valence-corrected chi connectivity index (χ0v) is 18.1. The molecule has 3 aromatic carbocycles. The van der Waals surface area contributed by atoms with E-state index in [-0.39, 0.29) is 44.7 Å². The fraction of sp³-hybridized carbons (Fsp3) is 0. The third kappa shape index (κ3) is 10.1. The van der Waals surface area contributed by atoms with Gasteiger partial charge in [-0.1, -0.05) is 54.6 Å². The molecule has 0 aromatic heterocycles. The summed E-state index contributed by atoms with van der Waals surface area (Å²) in [5.41, 5.74) is 0. The van der Waals surface area contributed by atoms with Crippen LogP contribution in [0.15, 0.2) is 91.0 Å². The molecule has 0 N–H and O–H groups in total. The van der Waals surface area contributed by atoms with E-state index in [2.05, 4.69) is 91.0 Å². The summed E-state index contributed by atoms with van der Waals surface area (Å²) in [5, 5.41) is 19.1. The number of rotatable bonds is 3. The van der Waals surface area contributed by atoms with Crippen LogP contribution in [0.3, 0.4) is 0 Å². The normalized spacial score (nSPS) is 8.33. The van der Waals surface area contributed by atoms with Crippen LogP contribution < -0.4 is 15.9 Å². The van der Waals surface area contributed by atoms with Crippen molar-refractivity contribution in [3.63, 3.8) is 0 Å². The van der Waals surface area contributed by atoms with Crippen LogP contribution in [0.2, 0.25) is 0 Å². The molecule has 3 rings (SSSR count). The van der Waals surface area contributed by atoms with Gasteiger partial charge in [-0.2, -0.15) is 0 Å². The van der Waals surface area contributed by atoms with Gasteiger partial charge in [-0.25, -0.2) is 0 Å². The number of hydrogen-bond acceptors (Lipinski definition) is 3. The predicted octanol–water partition coefficient (Wildman–Crippen LogP) is 4.29. The first-order valence-electron chi connectivity index (χ1n) is 7.03. The van der Waals surface area contributed by atoms with Gasteiger partial charge in [-0.3, -0.25) is 0 Å². The first-order valence-corrected chi connectivity index (χ1v) is 8.53. The largest absolute Gasteiger partial charge is 0.358 e. The summed E-state index contributed by atoms with van der Waals surface area (Å²) in [7, 11) is -0.877. The Morgan fingerprint density at radius 1 is 0.556 bits per heavy atom. The standard InChI is InChI=1S/C18H15P.3CH3.Ag.NO3/c1-4-10-16(11-5-1)19(17-12-6-2-7-13-17)18-14-8-3-9-15-18;;;;;2-1(3)4/h1-15H;3*1H3;;/q;3*-1;;-1/p+1. The molecule has 0 saturated carbocycles. The summed E-state index contributed by atoms with van der Waals surface area (Å²) >= 11 is 0. The van der Waals surface area contributed by atoms with E-state index in [9.17, 15) is 0 Å². The second-order valence-electron chi connectivity index (χ2n) is 4.70. The van der Waals surface area contributed by atoms with E-state index in [0.717, 1.165) is 0 Å². The molecule has 0 bridgehead atoms. The molecule has 1 radical (unpaired) electrons. The fourth-order valence-corrected chi connectivity index (χ4v) is 4.89. The van der Waals surface area contributed by atoms with Crippen LogP contribution in [0.4, 0.5) is 0 Å².